The van der Waals surface area contributed by atoms with Gasteiger partial charge in [0.1, 0.15) is 18.2 Å². The number of methoxy groups -OCH3 is 1. The largest absolute Gasteiger partial charge is 0.377 e. The van der Waals surface area contributed by atoms with Crippen molar-refractivity contribution in [1.29, 1.82) is 0 Å². The Bertz CT molecular complexity index is 577. The maximum atomic E-state index is 5.99. The van der Waals surface area contributed by atoms with E-state index in [9.17, 15) is 0 Å². The molecule has 0 aliphatic carbocycles. The van der Waals surface area contributed by atoms with Gasteiger partial charge < -0.3 is 15.4 Å². The van der Waals surface area contributed by atoms with Crippen LogP contribution in [-0.2, 0) is 11.3 Å². The van der Waals surface area contributed by atoms with Gasteiger partial charge in [-0.2, -0.15) is 0 Å². The number of rotatable bonds is 6. The molecule has 0 radical (unpaired) electrons. The normalized spacial score (nSPS) is 10.5. The van der Waals surface area contributed by atoms with Gasteiger partial charge in [0.25, 0.3) is 0 Å². The Hall–Kier alpha value is -1.56. The molecule has 5 nitrogen and oxygen atoms in total. The Balaban J connectivity index is 2.28. The number of ether oxygens (including phenoxy) is 1. The zero-order valence-electron chi connectivity index (χ0n) is 11.8. The van der Waals surface area contributed by atoms with Gasteiger partial charge in [-0.1, -0.05) is 23.2 Å². The Morgan fingerprint density at radius 1 is 1.05 bits per heavy atom. The molecule has 7 heteroatoms. The topological polar surface area (TPSA) is 59.1 Å². The third-order valence-corrected chi connectivity index (χ3v) is 2.98. The molecule has 2 N–H and O–H groups in total. The number of aromatic nitrogens is 2. The highest BCUT2D eigenvalue weighted by Gasteiger charge is 2.06. The second kappa shape index (κ2) is 7.45. The quantitative estimate of drug-likeness (QED) is 0.836. The van der Waals surface area contributed by atoms with Crippen LogP contribution in [0.15, 0.2) is 24.3 Å². The second-order valence-corrected chi connectivity index (χ2v) is 5.17. The molecule has 2 rings (SSSR count). The van der Waals surface area contributed by atoms with Crippen molar-refractivity contribution >= 4 is 40.5 Å². The fourth-order valence-electron chi connectivity index (χ4n) is 1.80. The molecule has 0 fully saturated rings. The zero-order valence-corrected chi connectivity index (χ0v) is 13.3. The third kappa shape index (κ3) is 4.74. The minimum Gasteiger partial charge on any atom is -0.377 e. The number of hydrogen-bond donors (Lipinski definition) is 2. The maximum Gasteiger partial charge on any atom is 0.158 e. The maximum absolute atomic E-state index is 5.99. The fourth-order valence-corrected chi connectivity index (χ4v) is 2.33. The highest BCUT2D eigenvalue weighted by molar-refractivity contribution is 6.35. The van der Waals surface area contributed by atoms with Crippen LogP contribution in [0.4, 0.5) is 17.3 Å². The van der Waals surface area contributed by atoms with E-state index in [1.807, 2.05) is 13.0 Å². The molecule has 1 aromatic carbocycles. The monoisotopic (exact) mass is 326 g/mol. The van der Waals surface area contributed by atoms with Gasteiger partial charge in [0.05, 0.1) is 0 Å². The molecule has 1 heterocycles. The first kappa shape index (κ1) is 15.8. The van der Waals surface area contributed by atoms with Crippen molar-refractivity contribution in [3.63, 3.8) is 0 Å². The molecule has 0 aliphatic heterocycles. The summed E-state index contributed by atoms with van der Waals surface area (Å²) >= 11 is 12.0. The fraction of sp³-hybridized carbons (Fsp3) is 0.286. The summed E-state index contributed by atoms with van der Waals surface area (Å²) in [5.41, 5.74) is 0.761. The summed E-state index contributed by atoms with van der Waals surface area (Å²) < 4.78 is 5.08. The molecule has 0 saturated carbocycles. The van der Waals surface area contributed by atoms with Gasteiger partial charge in [-0.05, 0) is 25.1 Å². The Morgan fingerprint density at radius 3 is 2.33 bits per heavy atom. The Morgan fingerprint density at radius 2 is 1.71 bits per heavy atom. The van der Waals surface area contributed by atoms with E-state index in [2.05, 4.69) is 20.6 Å². The van der Waals surface area contributed by atoms with E-state index in [-0.39, 0.29) is 0 Å². The van der Waals surface area contributed by atoms with Crippen LogP contribution in [-0.4, -0.2) is 23.6 Å². The van der Waals surface area contributed by atoms with Crippen molar-refractivity contribution in [3.05, 3.63) is 40.1 Å². The van der Waals surface area contributed by atoms with E-state index in [1.54, 1.807) is 25.3 Å². The number of nitrogens with zero attached hydrogens (tertiary/aromatic N) is 2. The van der Waals surface area contributed by atoms with Crippen LogP contribution < -0.4 is 10.6 Å². The minimum atomic E-state index is 0.338. The molecule has 0 bridgehead atoms. The summed E-state index contributed by atoms with van der Waals surface area (Å²) in [4.78, 5) is 8.74. The molecule has 1 aromatic heterocycles. The molecular formula is C14H16Cl2N4O. The lowest BCUT2D eigenvalue weighted by Crippen LogP contribution is -2.06. The summed E-state index contributed by atoms with van der Waals surface area (Å²) in [6.45, 7) is 3.11. The highest BCUT2D eigenvalue weighted by atomic mass is 35.5. The van der Waals surface area contributed by atoms with Crippen LogP contribution in [0.25, 0.3) is 0 Å². The molecule has 21 heavy (non-hydrogen) atoms. The first-order chi connectivity index (χ1) is 10.1. The summed E-state index contributed by atoms with van der Waals surface area (Å²) in [7, 11) is 1.60. The van der Waals surface area contributed by atoms with E-state index < -0.39 is 0 Å². The van der Waals surface area contributed by atoms with Gasteiger partial charge in [-0.25, -0.2) is 9.97 Å². The van der Waals surface area contributed by atoms with Crippen molar-refractivity contribution < 1.29 is 4.74 Å². The van der Waals surface area contributed by atoms with Gasteiger partial charge in [0, 0.05) is 35.5 Å². The molecule has 0 atom stereocenters. The van der Waals surface area contributed by atoms with Crippen LogP contribution in [0.1, 0.15) is 12.7 Å². The van der Waals surface area contributed by atoms with Crippen molar-refractivity contribution in [3.8, 4) is 0 Å². The van der Waals surface area contributed by atoms with E-state index in [4.69, 9.17) is 27.9 Å². The second-order valence-electron chi connectivity index (χ2n) is 4.30. The average Bonchev–Trinajstić information content (AvgIpc) is 2.37. The van der Waals surface area contributed by atoms with E-state index in [1.165, 1.54) is 0 Å². The zero-order chi connectivity index (χ0) is 15.2. The van der Waals surface area contributed by atoms with Crippen LogP contribution in [0, 0.1) is 0 Å². The van der Waals surface area contributed by atoms with Gasteiger partial charge in [-0.3, -0.25) is 0 Å². The lowest BCUT2D eigenvalue weighted by Gasteiger charge is -2.11. The number of anilines is 3. The molecule has 0 unspecified atom stereocenters. The Labute approximate surface area is 133 Å². The van der Waals surface area contributed by atoms with Crippen LogP contribution >= 0.6 is 23.2 Å². The first-order valence-corrected chi connectivity index (χ1v) is 7.20. The molecule has 0 aliphatic rings. The predicted octanol–water partition coefficient (Wildman–Crippen LogP) is 4.11. The molecule has 0 saturated heterocycles. The minimum absolute atomic E-state index is 0.338. The average molecular weight is 327 g/mol. The molecular weight excluding hydrogens is 311 g/mol. The van der Waals surface area contributed by atoms with Crippen molar-refractivity contribution in [2.45, 2.75) is 13.5 Å². The van der Waals surface area contributed by atoms with Crippen molar-refractivity contribution in [1.82, 2.24) is 9.97 Å². The summed E-state index contributed by atoms with van der Waals surface area (Å²) in [5, 5.41) is 7.44. The van der Waals surface area contributed by atoms with Crippen LogP contribution in [0.3, 0.4) is 0 Å². The standard InChI is InChI=1S/C14H16Cl2N4O/c1-3-17-12-7-13(20-14(19-12)8-21-2)18-11-5-9(15)4-10(16)6-11/h4-7H,3,8H2,1-2H3,(H2,17,18,19,20). The van der Waals surface area contributed by atoms with Gasteiger partial charge in [-0.15, -0.1) is 0 Å². The summed E-state index contributed by atoms with van der Waals surface area (Å²) in [6.07, 6.45) is 0. The predicted molar refractivity (Wildman–Crippen MR) is 86.7 cm³/mol. The number of hydrogen-bond acceptors (Lipinski definition) is 5. The molecule has 0 amide bonds. The summed E-state index contributed by atoms with van der Waals surface area (Å²) in [6, 6.07) is 7.04. The number of nitrogens with one attached hydrogen (secondary N) is 2. The summed E-state index contributed by atoms with van der Waals surface area (Å²) in [5.74, 6) is 1.97. The van der Waals surface area contributed by atoms with E-state index in [0.717, 1.165) is 18.1 Å². The van der Waals surface area contributed by atoms with Crippen LogP contribution in [0.5, 0.6) is 0 Å². The van der Waals surface area contributed by atoms with E-state index in [0.29, 0.717) is 28.3 Å². The van der Waals surface area contributed by atoms with Crippen LogP contribution in [0.2, 0.25) is 10.0 Å². The lowest BCUT2D eigenvalue weighted by molar-refractivity contribution is 0.178. The smallest absolute Gasteiger partial charge is 0.158 e. The number of halogens is 2. The van der Waals surface area contributed by atoms with Crippen molar-refractivity contribution in [2.75, 3.05) is 24.3 Å². The van der Waals surface area contributed by atoms with E-state index >= 15 is 0 Å². The molecule has 2 aromatic rings. The van der Waals surface area contributed by atoms with Crippen molar-refractivity contribution in [2.24, 2.45) is 0 Å². The lowest BCUT2D eigenvalue weighted by atomic mass is 10.3. The number of benzene rings is 1. The molecule has 0 spiro atoms. The van der Waals surface area contributed by atoms with Gasteiger partial charge in [0.15, 0.2) is 5.82 Å². The molecule has 112 valence electrons. The highest BCUT2D eigenvalue weighted by Crippen LogP contribution is 2.25. The van der Waals surface area contributed by atoms with Gasteiger partial charge >= 0.3 is 0 Å². The third-order valence-electron chi connectivity index (χ3n) is 2.54. The first-order valence-electron chi connectivity index (χ1n) is 6.44. The SMILES string of the molecule is CCNc1cc(Nc2cc(Cl)cc(Cl)c2)nc(COC)n1. The van der Waals surface area contributed by atoms with Gasteiger partial charge in [0.2, 0.25) is 0 Å². The Kier molecular flexibility index (Phi) is 5.61.